The van der Waals surface area contributed by atoms with E-state index >= 15 is 0 Å². The zero-order valence-corrected chi connectivity index (χ0v) is 23.6. The number of benzene rings is 1. The van der Waals surface area contributed by atoms with Crippen LogP contribution in [0.1, 0.15) is 86.8 Å². The van der Waals surface area contributed by atoms with Gasteiger partial charge in [-0.3, -0.25) is 9.59 Å². The first-order valence-corrected chi connectivity index (χ1v) is 14.3. The Labute approximate surface area is 234 Å². The first kappa shape index (κ1) is 30.0. The zero-order chi connectivity index (χ0) is 28.9. The summed E-state index contributed by atoms with van der Waals surface area (Å²) >= 11 is 0. The van der Waals surface area contributed by atoms with Crippen LogP contribution in [-0.4, -0.2) is 52.2 Å². The van der Waals surface area contributed by atoms with E-state index in [0.29, 0.717) is 36.6 Å². The van der Waals surface area contributed by atoms with Gasteiger partial charge in [0.2, 0.25) is 11.9 Å². The third-order valence-corrected chi connectivity index (χ3v) is 8.13. The van der Waals surface area contributed by atoms with Crippen LogP contribution in [0.15, 0.2) is 30.5 Å². The fraction of sp³-hybridized carbons (Fsp3) is 0.600. The third kappa shape index (κ3) is 7.80. The molecule has 1 unspecified atom stereocenters. The zero-order valence-electron chi connectivity index (χ0n) is 23.6. The van der Waals surface area contributed by atoms with E-state index in [-0.39, 0.29) is 47.6 Å². The van der Waals surface area contributed by atoms with E-state index < -0.39 is 11.7 Å². The third-order valence-electron chi connectivity index (χ3n) is 8.13. The number of Topliss-reactive ketones (excluding diaryl/α,β-unsaturated/α-hetero) is 1. The van der Waals surface area contributed by atoms with E-state index in [9.17, 15) is 22.8 Å². The molecule has 1 aromatic heterocycles. The Morgan fingerprint density at radius 2 is 1.85 bits per heavy atom. The normalized spacial score (nSPS) is 21.6. The van der Waals surface area contributed by atoms with Gasteiger partial charge in [-0.15, -0.1) is 0 Å². The second-order valence-electron chi connectivity index (χ2n) is 11.5. The molecule has 1 saturated carbocycles. The maximum Gasteiger partial charge on any atom is 0.419 e. The van der Waals surface area contributed by atoms with Crippen molar-refractivity contribution in [2.24, 2.45) is 11.8 Å². The minimum Gasteiger partial charge on any atom is -0.354 e. The van der Waals surface area contributed by atoms with Crippen molar-refractivity contribution >= 4 is 23.3 Å². The van der Waals surface area contributed by atoms with Gasteiger partial charge in [0.15, 0.2) is 5.78 Å². The van der Waals surface area contributed by atoms with Crippen molar-refractivity contribution in [1.82, 2.24) is 20.2 Å². The maximum absolute atomic E-state index is 13.8. The first-order valence-electron chi connectivity index (χ1n) is 14.3. The van der Waals surface area contributed by atoms with Gasteiger partial charge in [0.05, 0.1) is 11.3 Å². The molecule has 0 radical (unpaired) electrons. The summed E-state index contributed by atoms with van der Waals surface area (Å²) in [6.07, 6.45) is 3.12. The molecule has 4 rings (SSSR count). The minimum atomic E-state index is -4.60. The molecule has 0 bridgehead atoms. The van der Waals surface area contributed by atoms with Crippen LogP contribution in [-0.2, 0) is 17.4 Å². The fourth-order valence-corrected chi connectivity index (χ4v) is 5.99. The molecule has 218 valence electrons. The van der Waals surface area contributed by atoms with Gasteiger partial charge >= 0.3 is 6.18 Å². The lowest BCUT2D eigenvalue weighted by molar-refractivity contribution is -0.138. The van der Waals surface area contributed by atoms with Crippen LogP contribution in [0.2, 0.25) is 0 Å². The molecule has 2 aliphatic rings. The van der Waals surface area contributed by atoms with Crippen molar-refractivity contribution in [2.75, 3.05) is 18.9 Å². The number of nitrogens with one attached hydrogen (secondary N) is 2. The number of ketones is 1. The molecule has 7 nitrogen and oxygen atoms in total. The number of anilines is 2. The van der Waals surface area contributed by atoms with Crippen LogP contribution in [0.4, 0.5) is 24.8 Å². The summed E-state index contributed by atoms with van der Waals surface area (Å²) in [6.45, 7) is 4.85. The highest BCUT2D eigenvalue weighted by Gasteiger charge is 2.39. The summed E-state index contributed by atoms with van der Waals surface area (Å²) in [6, 6.07) is 7.38. The molecule has 1 aliphatic heterocycles. The number of hydrogen-bond acceptors (Lipinski definition) is 6. The molecule has 1 amide bonds. The molecular weight excluding hydrogens is 519 g/mol. The second-order valence-corrected chi connectivity index (χ2v) is 11.5. The second kappa shape index (κ2) is 13.1. The van der Waals surface area contributed by atoms with Crippen LogP contribution < -0.4 is 10.6 Å². The van der Waals surface area contributed by atoms with E-state index in [1.807, 2.05) is 13.8 Å². The fourth-order valence-electron chi connectivity index (χ4n) is 5.99. The number of carbonyl (C=O) groups is 2. The van der Waals surface area contributed by atoms with Crippen molar-refractivity contribution in [3.63, 3.8) is 0 Å². The molecule has 2 aromatic rings. The Morgan fingerprint density at radius 3 is 2.50 bits per heavy atom. The lowest BCUT2D eigenvalue weighted by atomic mass is 9.89. The highest BCUT2D eigenvalue weighted by molar-refractivity contribution is 5.96. The van der Waals surface area contributed by atoms with E-state index in [4.69, 9.17) is 0 Å². The monoisotopic (exact) mass is 559 g/mol. The Hall–Kier alpha value is -3.01. The van der Waals surface area contributed by atoms with Gasteiger partial charge in [0.25, 0.3) is 0 Å². The number of halogens is 3. The largest absolute Gasteiger partial charge is 0.419 e. The number of likely N-dealkylation sites (tertiary alicyclic amines) is 1. The molecule has 3 atom stereocenters. The number of rotatable bonds is 11. The van der Waals surface area contributed by atoms with Gasteiger partial charge in [0, 0.05) is 41.9 Å². The summed E-state index contributed by atoms with van der Waals surface area (Å²) in [4.78, 5) is 35.8. The van der Waals surface area contributed by atoms with Crippen LogP contribution in [0.3, 0.4) is 0 Å². The van der Waals surface area contributed by atoms with Gasteiger partial charge in [0.1, 0.15) is 0 Å². The number of alkyl halides is 3. The van der Waals surface area contributed by atoms with Crippen molar-refractivity contribution in [2.45, 2.75) is 89.9 Å². The summed E-state index contributed by atoms with van der Waals surface area (Å²) in [5, 5.41) is 5.87. The van der Waals surface area contributed by atoms with Crippen molar-refractivity contribution in [3.05, 3.63) is 47.3 Å². The van der Waals surface area contributed by atoms with Crippen LogP contribution in [0.5, 0.6) is 0 Å². The Kier molecular flexibility index (Phi) is 9.81. The Balaban J connectivity index is 1.41. The van der Waals surface area contributed by atoms with Crippen LogP contribution >= 0.6 is 0 Å². The van der Waals surface area contributed by atoms with Crippen LogP contribution in [0, 0.1) is 11.8 Å². The Morgan fingerprint density at radius 1 is 1.10 bits per heavy atom. The Bertz CT molecular complexity index is 1170. The number of carbonyl (C=O) groups excluding carboxylic acids is 2. The molecule has 1 aliphatic carbocycles. The molecule has 1 aromatic carbocycles. The van der Waals surface area contributed by atoms with E-state index in [1.54, 1.807) is 24.3 Å². The smallest absolute Gasteiger partial charge is 0.354 e. The highest BCUT2D eigenvalue weighted by atomic mass is 19.4. The summed E-state index contributed by atoms with van der Waals surface area (Å²) in [5.41, 5.74) is 0.188. The standard InChI is InChI=1S/C30H40F3N5O2/c1-19(2)35-28(40)24-10-4-7-21(24)17-26-25(30(31,32)33)18-34-29(37-26)36-22-14-12-20(13-15-22)27(39)11-5-8-23-9-6-16-38(23)3/h12-15,18-19,21,23-24H,4-11,16-17H2,1-3H3,(H,35,40)(H,34,36,37)/t21-,23?,24-/m0/s1. The topological polar surface area (TPSA) is 87.2 Å². The van der Waals surface area contributed by atoms with E-state index in [2.05, 4.69) is 32.5 Å². The lowest BCUT2D eigenvalue weighted by Gasteiger charge is -2.22. The molecule has 0 spiro atoms. The maximum atomic E-state index is 13.8. The van der Waals surface area contributed by atoms with Gasteiger partial charge in [-0.1, -0.05) is 6.42 Å². The number of nitrogens with zero attached hydrogens (tertiary/aromatic N) is 3. The molecule has 2 N–H and O–H groups in total. The van der Waals surface area contributed by atoms with Crippen molar-refractivity contribution in [3.8, 4) is 0 Å². The first-order chi connectivity index (χ1) is 19.0. The predicted molar refractivity (Wildman–Crippen MR) is 148 cm³/mol. The SMILES string of the molecule is CC(C)NC(=O)[C@H]1CCC[C@H]1Cc1nc(Nc2ccc(C(=O)CCCC3CCCN3C)cc2)ncc1C(F)(F)F. The van der Waals surface area contributed by atoms with Gasteiger partial charge in [-0.2, -0.15) is 13.2 Å². The molecule has 10 heteroatoms. The molecular formula is C30H40F3N5O2. The summed E-state index contributed by atoms with van der Waals surface area (Å²) in [5.74, 6) is -0.545. The van der Waals surface area contributed by atoms with Gasteiger partial charge in [-0.05, 0) is 103 Å². The molecule has 1 saturated heterocycles. The van der Waals surface area contributed by atoms with Crippen LogP contribution in [0.25, 0.3) is 0 Å². The predicted octanol–water partition coefficient (Wildman–Crippen LogP) is 6.17. The summed E-state index contributed by atoms with van der Waals surface area (Å²) in [7, 11) is 2.13. The van der Waals surface area contributed by atoms with E-state index in [0.717, 1.165) is 32.0 Å². The molecule has 2 fully saturated rings. The van der Waals surface area contributed by atoms with Gasteiger partial charge in [-0.25, -0.2) is 9.97 Å². The number of amides is 1. The van der Waals surface area contributed by atoms with Crippen molar-refractivity contribution < 1.29 is 22.8 Å². The van der Waals surface area contributed by atoms with Crippen molar-refractivity contribution in [1.29, 1.82) is 0 Å². The number of hydrogen-bond donors (Lipinski definition) is 2. The molecule has 2 heterocycles. The average Bonchev–Trinajstić information content (AvgIpc) is 3.52. The van der Waals surface area contributed by atoms with E-state index in [1.165, 1.54) is 12.8 Å². The van der Waals surface area contributed by atoms with Gasteiger partial charge < -0.3 is 15.5 Å². The quantitative estimate of drug-likeness (QED) is 0.320. The highest BCUT2D eigenvalue weighted by Crippen LogP contribution is 2.38. The average molecular weight is 560 g/mol. The minimum absolute atomic E-state index is 0.0324. The summed E-state index contributed by atoms with van der Waals surface area (Å²) < 4.78 is 41.4. The molecule has 40 heavy (non-hydrogen) atoms. The number of aromatic nitrogens is 2. The lowest BCUT2D eigenvalue weighted by Crippen LogP contribution is -2.37.